The average molecular weight is 551 g/mol. The summed E-state index contributed by atoms with van der Waals surface area (Å²) in [5.74, 6) is 1.91. The van der Waals surface area contributed by atoms with E-state index in [0.717, 1.165) is 44.1 Å². The van der Waals surface area contributed by atoms with Gasteiger partial charge in [0.2, 0.25) is 11.8 Å². The van der Waals surface area contributed by atoms with E-state index < -0.39 is 0 Å². The minimum absolute atomic E-state index is 0. The summed E-state index contributed by atoms with van der Waals surface area (Å²) in [7, 11) is 0. The Labute approximate surface area is 208 Å². The molecule has 174 valence electrons. The number of aromatic nitrogens is 1. The highest BCUT2D eigenvalue weighted by Crippen LogP contribution is 2.17. The number of nitrogens with zero attached hydrogens (tertiary/aromatic N) is 3. The molecule has 0 aliphatic carbocycles. The number of rotatable bonds is 10. The summed E-state index contributed by atoms with van der Waals surface area (Å²) < 4.78 is 5.46. The largest absolute Gasteiger partial charge is 0.478 e. The molecule has 1 aliphatic rings. The van der Waals surface area contributed by atoms with E-state index in [0.29, 0.717) is 25.5 Å². The van der Waals surface area contributed by atoms with Crippen molar-refractivity contribution in [1.82, 2.24) is 20.5 Å². The number of halogens is 1. The van der Waals surface area contributed by atoms with Crippen LogP contribution in [-0.2, 0) is 17.8 Å². The molecule has 1 aromatic heterocycles. The molecule has 1 saturated heterocycles. The van der Waals surface area contributed by atoms with Gasteiger partial charge in [-0.25, -0.2) is 9.98 Å². The molecule has 1 amide bonds. The van der Waals surface area contributed by atoms with Crippen LogP contribution in [0.25, 0.3) is 0 Å². The standard InChI is InChI=1S/C24H33N5O2.HI/c1-3-25-24(27-16-20-10-12-26-22(14-20)31-4-2)28-17-21-15-23(30)29(18-21)13-11-19-8-6-5-7-9-19;/h5-10,12,14,21H,3-4,11,13,15-18H2,1-2H3,(H2,25,27,28);1H. The van der Waals surface area contributed by atoms with E-state index in [4.69, 9.17) is 4.74 Å². The number of hydrogen-bond donors (Lipinski definition) is 2. The molecule has 2 N–H and O–H groups in total. The first-order valence-corrected chi connectivity index (χ1v) is 11.1. The minimum Gasteiger partial charge on any atom is -0.478 e. The Morgan fingerprint density at radius 2 is 2.00 bits per heavy atom. The van der Waals surface area contributed by atoms with Gasteiger partial charge in [-0.05, 0) is 37.5 Å². The van der Waals surface area contributed by atoms with Gasteiger partial charge in [-0.1, -0.05) is 30.3 Å². The fourth-order valence-corrected chi connectivity index (χ4v) is 3.64. The fourth-order valence-electron chi connectivity index (χ4n) is 3.64. The highest BCUT2D eigenvalue weighted by molar-refractivity contribution is 14.0. The number of amides is 1. The zero-order valence-corrected chi connectivity index (χ0v) is 21.2. The number of pyridine rings is 1. The van der Waals surface area contributed by atoms with Crippen LogP contribution in [0.1, 0.15) is 31.4 Å². The Morgan fingerprint density at radius 3 is 2.75 bits per heavy atom. The maximum Gasteiger partial charge on any atom is 0.223 e. The van der Waals surface area contributed by atoms with Crippen LogP contribution >= 0.6 is 24.0 Å². The first-order valence-electron chi connectivity index (χ1n) is 11.1. The van der Waals surface area contributed by atoms with Crippen molar-refractivity contribution in [2.75, 3.05) is 32.8 Å². The van der Waals surface area contributed by atoms with Gasteiger partial charge in [0.1, 0.15) is 0 Å². The van der Waals surface area contributed by atoms with Crippen LogP contribution in [0.2, 0.25) is 0 Å². The topological polar surface area (TPSA) is 78.9 Å². The summed E-state index contributed by atoms with van der Waals surface area (Å²) in [5.41, 5.74) is 2.31. The maximum absolute atomic E-state index is 12.4. The molecule has 0 saturated carbocycles. The van der Waals surface area contributed by atoms with Gasteiger partial charge in [-0.15, -0.1) is 24.0 Å². The van der Waals surface area contributed by atoms with Gasteiger partial charge in [0, 0.05) is 50.8 Å². The Hall–Kier alpha value is -2.36. The lowest BCUT2D eigenvalue weighted by atomic mass is 10.1. The number of nitrogens with one attached hydrogen (secondary N) is 2. The van der Waals surface area contributed by atoms with Crippen LogP contribution in [0, 0.1) is 5.92 Å². The number of carbonyl (C=O) groups excluding carboxylic acids is 1. The van der Waals surface area contributed by atoms with Gasteiger partial charge < -0.3 is 20.3 Å². The third kappa shape index (κ3) is 8.29. The Bertz CT molecular complexity index is 862. The summed E-state index contributed by atoms with van der Waals surface area (Å²) in [6.45, 7) is 8.17. The minimum atomic E-state index is 0. The summed E-state index contributed by atoms with van der Waals surface area (Å²) >= 11 is 0. The van der Waals surface area contributed by atoms with E-state index in [1.807, 2.05) is 49.1 Å². The van der Waals surface area contributed by atoms with Crippen molar-refractivity contribution in [3.8, 4) is 5.88 Å². The van der Waals surface area contributed by atoms with Gasteiger partial charge in [-0.2, -0.15) is 0 Å². The first-order chi connectivity index (χ1) is 15.2. The number of aliphatic imine (C=N–C) groups is 1. The second-order valence-corrected chi connectivity index (χ2v) is 7.66. The summed E-state index contributed by atoms with van der Waals surface area (Å²) in [6.07, 6.45) is 3.22. The number of hydrogen-bond acceptors (Lipinski definition) is 4. The molecule has 8 heteroatoms. The number of carbonyl (C=O) groups is 1. The van der Waals surface area contributed by atoms with Crippen LogP contribution in [0.3, 0.4) is 0 Å². The molecule has 0 bridgehead atoms. The van der Waals surface area contributed by atoms with E-state index in [1.54, 1.807) is 6.20 Å². The van der Waals surface area contributed by atoms with Gasteiger partial charge in [0.15, 0.2) is 5.96 Å². The Kier molecular flexibility index (Phi) is 11.3. The van der Waals surface area contributed by atoms with Crippen molar-refractivity contribution in [2.45, 2.75) is 33.2 Å². The van der Waals surface area contributed by atoms with Crippen molar-refractivity contribution in [2.24, 2.45) is 10.9 Å². The second-order valence-electron chi connectivity index (χ2n) is 7.66. The monoisotopic (exact) mass is 551 g/mol. The van der Waals surface area contributed by atoms with Crippen molar-refractivity contribution in [1.29, 1.82) is 0 Å². The quantitative estimate of drug-likeness (QED) is 0.270. The van der Waals surface area contributed by atoms with E-state index in [-0.39, 0.29) is 35.8 Å². The van der Waals surface area contributed by atoms with Gasteiger partial charge >= 0.3 is 0 Å². The van der Waals surface area contributed by atoms with Gasteiger partial charge in [0.25, 0.3) is 0 Å². The van der Waals surface area contributed by atoms with Crippen molar-refractivity contribution in [3.05, 3.63) is 59.8 Å². The predicted octanol–water partition coefficient (Wildman–Crippen LogP) is 3.24. The molecule has 1 aliphatic heterocycles. The highest BCUT2D eigenvalue weighted by atomic mass is 127. The first kappa shape index (κ1) is 25.9. The molecular formula is C24H34IN5O2. The molecule has 1 atom stereocenters. The molecule has 3 rings (SSSR count). The molecule has 7 nitrogen and oxygen atoms in total. The smallest absolute Gasteiger partial charge is 0.223 e. The zero-order chi connectivity index (χ0) is 21.9. The van der Waals surface area contributed by atoms with Crippen molar-refractivity contribution < 1.29 is 9.53 Å². The molecule has 1 unspecified atom stereocenters. The van der Waals surface area contributed by atoms with Gasteiger partial charge in [-0.3, -0.25) is 4.79 Å². The van der Waals surface area contributed by atoms with Crippen LogP contribution < -0.4 is 15.4 Å². The number of likely N-dealkylation sites (tertiary alicyclic amines) is 1. The van der Waals surface area contributed by atoms with Crippen molar-refractivity contribution in [3.63, 3.8) is 0 Å². The molecule has 1 fully saturated rings. The van der Waals surface area contributed by atoms with Crippen molar-refractivity contribution >= 4 is 35.8 Å². The lowest BCUT2D eigenvalue weighted by molar-refractivity contribution is -0.127. The number of ether oxygens (including phenoxy) is 1. The molecule has 1 aromatic carbocycles. The summed E-state index contributed by atoms with van der Waals surface area (Å²) in [4.78, 5) is 23.3. The highest BCUT2D eigenvalue weighted by Gasteiger charge is 2.29. The van der Waals surface area contributed by atoms with E-state index >= 15 is 0 Å². The maximum atomic E-state index is 12.4. The van der Waals surface area contributed by atoms with Crippen LogP contribution in [0.15, 0.2) is 53.7 Å². The van der Waals surface area contributed by atoms with Crippen LogP contribution in [-0.4, -0.2) is 54.5 Å². The third-order valence-electron chi connectivity index (χ3n) is 5.22. The second kappa shape index (κ2) is 13.9. The van der Waals surface area contributed by atoms with Crippen LogP contribution in [0.5, 0.6) is 5.88 Å². The Balaban J connectivity index is 0.00000363. The normalized spacial score (nSPS) is 15.9. The molecule has 0 spiro atoms. The molecule has 2 heterocycles. The van der Waals surface area contributed by atoms with E-state index in [1.165, 1.54) is 5.56 Å². The number of guanidine groups is 1. The lowest BCUT2D eigenvalue weighted by Crippen LogP contribution is -2.40. The molecule has 0 radical (unpaired) electrons. The lowest BCUT2D eigenvalue weighted by Gasteiger charge is -2.18. The summed E-state index contributed by atoms with van der Waals surface area (Å²) in [5, 5.41) is 6.68. The third-order valence-corrected chi connectivity index (χ3v) is 5.22. The van der Waals surface area contributed by atoms with E-state index in [2.05, 4.69) is 32.7 Å². The number of benzene rings is 1. The van der Waals surface area contributed by atoms with Gasteiger partial charge in [0.05, 0.1) is 13.2 Å². The average Bonchev–Trinajstić information content (AvgIpc) is 3.15. The zero-order valence-electron chi connectivity index (χ0n) is 18.9. The van der Waals surface area contributed by atoms with E-state index in [9.17, 15) is 4.79 Å². The molecule has 2 aromatic rings. The molecular weight excluding hydrogens is 517 g/mol. The molecule has 32 heavy (non-hydrogen) atoms. The Morgan fingerprint density at radius 1 is 1.19 bits per heavy atom. The predicted molar refractivity (Wildman–Crippen MR) is 138 cm³/mol. The van der Waals surface area contributed by atoms with Crippen LogP contribution in [0.4, 0.5) is 0 Å². The fraction of sp³-hybridized carbons (Fsp3) is 0.458. The summed E-state index contributed by atoms with van der Waals surface area (Å²) in [6, 6.07) is 14.2. The SMILES string of the molecule is CCNC(=NCc1ccnc(OCC)c1)NCC1CC(=O)N(CCc2ccccc2)C1.I.